The molecule has 0 spiro atoms. The fourth-order valence-corrected chi connectivity index (χ4v) is 3.38. The van der Waals surface area contributed by atoms with E-state index in [0.29, 0.717) is 6.61 Å². The topological polar surface area (TPSA) is 65.7 Å². The lowest BCUT2D eigenvalue weighted by molar-refractivity contribution is 0.302. The second-order valence-electron chi connectivity index (χ2n) is 6.97. The zero-order chi connectivity index (χ0) is 20.3. The van der Waals surface area contributed by atoms with E-state index in [0.717, 1.165) is 44.9 Å². The Bertz CT molecular complexity index is 1300. The van der Waals surface area contributed by atoms with Crippen LogP contribution in [0.3, 0.4) is 0 Å². The van der Waals surface area contributed by atoms with Gasteiger partial charge in [-0.25, -0.2) is 9.97 Å². The van der Waals surface area contributed by atoms with Crippen LogP contribution in [0.25, 0.3) is 33.4 Å². The van der Waals surface area contributed by atoms with Crippen molar-refractivity contribution in [2.24, 2.45) is 7.05 Å². The number of aromatic nitrogens is 5. The van der Waals surface area contributed by atoms with Crippen LogP contribution >= 0.6 is 0 Å². The molecule has 5 rings (SSSR count). The molecule has 0 bridgehead atoms. The van der Waals surface area contributed by atoms with Crippen molar-refractivity contribution in [2.75, 3.05) is 0 Å². The lowest BCUT2D eigenvalue weighted by Crippen LogP contribution is -1.99. The van der Waals surface area contributed by atoms with Gasteiger partial charge in [0.25, 0.3) is 0 Å². The number of nitrogens with zero attached hydrogens (tertiary/aromatic N) is 5. The summed E-state index contributed by atoms with van der Waals surface area (Å²) in [6.07, 6.45) is 7.35. The number of hydrogen-bond acceptors (Lipinski definition) is 5. The van der Waals surface area contributed by atoms with Crippen LogP contribution in [0.15, 0.2) is 85.5 Å². The number of benzene rings is 1. The van der Waals surface area contributed by atoms with E-state index in [9.17, 15) is 0 Å². The summed E-state index contributed by atoms with van der Waals surface area (Å²) in [5.41, 5.74) is 5.69. The molecule has 30 heavy (non-hydrogen) atoms. The first kappa shape index (κ1) is 18.0. The highest BCUT2D eigenvalue weighted by atomic mass is 16.5. The van der Waals surface area contributed by atoms with Crippen molar-refractivity contribution in [3.63, 3.8) is 0 Å². The van der Waals surface area contributed by atoms with E-state index < -0.39 is 0 Å². The summed E-state index contributed by atoms with van der Waals surface area (Å²) in [7, 11) is 1.93. The molecule has 0 atom stereocenters. The minimum atomic E-state index is 0.387. The normalized spacial score (nSPS) is 11.0. The van der Waals surface area contributed by atoms with Gasteiger partial charge in [-0.1, -0.05) is 0 Å². The van der Waals surface area contributed by atoms with E-state index in [2.05, 4.69) is 20.1 Å². The molecule has 0 saturated heterocycles. The van der Waals surface area contributed by atoms with Gasteiger partial charge in [0.2, 0.25) is 0 Å². The van der Waals surface area contributed by atoms with Gasteiger partial charge in [0.1, 0.15) is 18.1 Å². The molecule has 4 aromatic heterocycles. The molecule has 0 aliphatic heterocycles. The van der Waals surface area contributed by atoms with Gasteiger partial charge in [-0.3, -0.25) is 9.67 Å². The summed E-state index contributed by atoms with van der Waals surface area (Å²) < 4.78 is 7.76. The Kier molecular flexibility index (Phi) is 4.65. The summed E-state index contributed by atoms with van der Waals surface area (Å²) in [5.74, 6) is 0.781. The van der Waals surface area contributed by atoms with Crippen LogP contribution in [0.1, 0.15) is 5.69 Å². The molecule has 0 aliphatic carbocycles. The molecule has 0 amide bonds. The Hall–Kier alpha value is -4.06. The van der Waals surface area contributed by atoms with Crippen molar-refractivity contribution < 1.29 is 4.74 Å². The molecule has 0 saturated carbocycles. The van der Waals surface area contributed by atoms with Crippen LogP contribution in [-0.4, -0.2) is 24.7 Å². The van der Waals surface area contributed by atoms with E-state index in [4.69, 9.17) is 4.74 Å². The number of hydrogen-bond donors (Lipinski definition) is 0. The van der Waals surface area contributed by atoms with E-state index >= 15 is 0 Å². The minimum absolute atomic E-state index is 0.387. The third-order valence-corrected chi connectivity index (χ3v) is 4.86. The van der Waals surface area contributed by atoms with Gasteiger partial charge in [0.05, 0.1) is 5.69 Å². The molecule has 0 N–H and O–H groups in total. The van der Waals surface area contributed by atoms with Crippen molar-refractivity contribution in [3.05, 3.63) is 91.1 Å². The van der Waals surface area contributed by atoms with Gasteiger partial charge in [0, 0.05) is 48.3 Å². The van der Waals surface area contributed by atoms with Crippen molar-refractivity contribution in [1.29, 1.82) is 0 Å². The smallest absolute Gasteiger partial charge is 0.159 e. The van der Waals surface area contributed by atoms with Crippen molar-refractivity contribution in [2.45, 2.75) is 6.61 Å². The van der Waals surface area contributed by atoms with Crippen LogP contribution in [0, 0.1) is 0 Å². The standard InChI is InChI=1S/C24H19N5O/c1-29-15-22(17-10-13-25-14-11-17)23(28-29)18-5-8-21(9-6-18)30-16-20-7-4-19-3-2-12-26-24(19)27-20/h2-15H,16H2,1H3. The number of rotatable bonds is 5. The summed E-state index contributed by atoms with van der Waals surface area (Å²) >= 11 is 0. The lowest BCUT2D eigenvalue weighted by Gasteiger charge is -2.08. The SMILES string of the molecule is Cn1cc(-c2ccncc2)c(-c2ccc(OCc3ccc4cccnc4n3)cc2)n1. The molecule has 6 heteroatoms. The fourth-order valence-electron chi connectivity index (χ4n) is 3.38. The highest BCUT2D eigenvalue weighted by molar-refractivity contribution is 5.80. The first-order chi connectivity index (χ1) is 14.8. The molecular weight excluding hydrogens is 374 g/mol. The van der Waals surface area contributed by atoms with Crippen molar-refractivity contribution in [1.82, 2.24) is 24.7 Å². The zero-order valence-electron chi connectivity index (χ0n) is 16.4. The molecule has 5 aromatic rings. The van der Waals surface area contributed by atoms with Crippen LogP contribution in [0.4, 0.5) is 0 Å². The van der Waals surface area contributed by atoms with Crippen molar-refractivity contribution >= 4 is 11.0 Å². The van der Waals surface area contributed by atoms with Crippen LogP contribution in [-0.2, 0) is 13.7 Å². The number of pyridine rings is 3. The van der Waals surface area contributed by atoms with Crippen molar-refractivity contribution in [3.8, 4) is 28.1 Å². The maximum absolute atomic E-state index is 5.93. The first-order valence-corrected chi connectivity index (χ1v) is 9.64. The second kappa shape index (κ2) is 7.75. The van der Waals surface area contributed by atoms with E-state index in [-0.39, 0.29) is 0 Å². The fraction of sp³-hybridized carbons (Fsp3) is 0.0833. The average Bonchev–Trinajstić information content (AvgIpc) is 3.20. The van der Waals surface area contributed by atoms with Crippen LogP contribution in [0.2, 0.25) is 0 Å². The number of aryl methyl sites for hydroxylation is 1. The Morgan fingerprint density at radius 3 is 2.53 bits per heavy atom. The predicted molar refractivity (Wildman–Crippen MR) is 116 cm³/mol. The lowest BCUT2D eigenvalue weighted by atomic mass is 10.0. The highest BCUT2D eigenvalue weighted by Gasteiger charge is 2.12. The Labute approximate surface area is 173 Å². The van der Waals surface area contributed by atoms with Gasteiger partial charge in [0.15, 0.2) is 5.65 Å². The van der Waals surface area contributed by atoms with Gasteiger partial charge in [-0.2, -0.15) is 5.10 Å². The van der Waals surface area contributed by atoms with Gasteiger partial charge in [-0.15, -0.1) is 0 Å². The van der Waals surface area contributed by atoms with E-state index in [1.807, 2.05) is 78.6 Å². The molecule has 0 fully saturated rings. The number of fused-ring (bicyclic) bond motifs is 1. The Morgan fingerprint density at radius 2 is 1.70 bits per heavy atom. The van der Waals surface area contributed by atoms with Gasteiger partial charge >= 0.3 is 0 Å². The Morgan fingerprint density at radius 1 is 0.867 bits per heavy atom. The van der Waals surface area contributed by atoms with Gasteiger partial charge in [-0.05, 0) is 66.2 Å². The highest BCUT2D eigenvalue weighted by Crippen LogP contribution is 2.31. The predicted octanol–water partition coefficient (Wildman–Crippen LogP) is 4.67. The Balaban J connectivity index is 1.35. The molecule has 4 heterocycles. The molecule has 6 nitrogen and oxygen atoms in total. The monoisotopic (exact) mass is 393 g/mol. The minimum Gasteiger partial charge on any atom is -0.487 e. The maximum Gasteiger partial charge on any atom is 0.159 e. The summed E-state index contributed by atoms with van der Waals surface area (Å²) in [6, 6.07) is 19.8. The summed E-state index contributed by atoms with van der Waals surface area (Å²) in [5, 5.41) is 5.67. The summed E-state index contributed by atoms with van der Waals surface area (Å²) in [4.78, 5) is 12.9. The number of ether oxygens (including phenoxy) is 1. The zero-order valence-corrected chi connectivity index (χ0v) is 16.4. The molecule has 0 radical (unpaired) electrons. The molecule has 1 aromatic carbocycles. The second-order valence-corrected chi connectivity index (χ2v) is 6.97. The molecule has 146 valence electrons. The third kappa shape index (κ3) is 3.63. The third-order valence-electron chi connectivity index (χ3n) is 4.86. The molecule has 0 unspecified atom stereocenters. The largest absolute Gasteiger partial charge is 0.487 e. The summed E-state index contributed by atoms with van der Waals surface area (Å²) in [6.45, 7) is 0.387. The quantitative estimate of drug-likeness (QED) is 0.434. The molecule has 0 aliphatic rings. The average molecular weight is 393 g/mol. The van der Waals surface area contributed by atoms with Gasteiger partial charge < -0.3 is 4.74 Å². The maximum atomic E-state index is 5.93. The van der Waals surface area contributed by atoms with E-state index in [1.165, 1.54) is 0 Å². The molecular formula is C24H19N5O. The van der Waals surface area contributed by atoms with E-state index in [1.54, 1.807) is 18.6 Å². The van der Waals surface area contributed by atoms with Crippen LogP contribution < -0.4 is 4.74 Å². The first-order valence-electron chi connectivity index (χ1n) is 9.64. The van der Waals surface area contributed by atoms with Crippen LogP contribution in [0.5, 0.6) is 5.75 Å².